The van der Waals surface area contributed by atoms with Gasteiger partial charge in [0, 0.05) is 24.5 Å². The van der Waals surface area contributed by atoms with Crippen molar-refractivity contribution in [3.63, 3.8) is 0 Å². The Morgan fingerprint density at radius 2 is 1.71 bits per heavy atom. The third-order valence-corrected chi connectivity index (χ3v) is 5.76. The van der Waals surface area contributed by atoms with Crippen LogP contribution in [0.2, 0.25) is 0 Å². The van der Waals surface area contributed by atoms with Gasteiger partial charge in [0.05, 0.1) is 5.92 Å². The summed E-state index contributed by atoms with van der Waals surface area (Å²) in [4.78, 5) is 27.2. The van der Waals surface area contributed by atoms with Crippen molar-refractivity contribution in [1.82, 2.24) is 4.90 Å². The fraction of sp³-hybridized carbons (Fsp3) is 0.391. The number of aryl methyl sites for hydroxylation is 1. The summed E-state index contributed by atoms with van der Waals surface area (Å²) < 4.78 is 0. The van der Waals surface area contributed by atoms with E-state index in [9.17, 15) is 9.59 Å². The van der Waals surface area contributed by atoms with Crippen molar-refractivity contribution >= 4 is 23.3 Å². The molecule has 28 heavy (non-hydrogen) atoms. The van der Waals surface area contributed by atoms with E-state index >= 15 is 0 Å². The summed E-state index contributed by atoms with van der Waals surface area (Å²) in [5.74, 6) is -0.147. The molecule has 1 aliphatic carbocycles. The lowest BCUT2D eigenvalue weighted by atomic mass is 9.90. The first kappa shape index (κ1) is 18.5. The van der Waals surface area contributed by atoms with E-state index in [1.54, 1.807) is 4.90 Å². The van der Waals surface area contributed by atoms with Gasteiger partial charge in [-0.2, -0.15) is 0 Å². The molecule has 0 saturated carbocycles. The van der Waals surface area contributed by atoms with Crippen molar-refractivity contribution in [3.8, 4) is 0 Å². The van der Waals surface area contributed by atoms with E-state index in [2.05, 4.69) is 16.7 Å². The van der Waals surface area contributed by atoms with Gasteiger partial charge in [-0.25, -0.2) is 4.79 Å². The van der Waals surface area contributed by atoms with Gasteiger partial charge in [-0.1, -0.05) is 30.3 Å². The SMILES string of the molecule is O=C(Nc1cccc2c1CCCC2)C1CCCN(C(=O)Nc2ccccc2)C1. The summed E-state index contributed by atoms with van der Waals surface area (Å²) in [6, 6.07) is 15.5. The number of rotatable bonds is 3. The van der Waals surface area contributed by atoms with Crippen LogP contribution in [0.25, 0.3) is 0 Å². The summed E-state index contributed by atoms with van der Waals surface area (Å²) in [6.45, 7) is 1.14. The molecule has 2 N–H and O–H groups in total. The summed E-state index contributed by atoms with van der Waals surface area (Å²) >= 11 is 0. The van der Waals surface area contributed by atoms with Crippen LogP contribution in [0.5, 0.6) is 0 Å². The van der Waals surface area contributed by atoms with Crippen molar-refractivity contribution in [1.29, 1.82) is 0 Å². The molecule has 1 fully saturated rings. The average molecular weight is 377 g/mol. The normalized spacial score (nSPS) is 18.9. The van der Waals surface area contributed by atoms with Crippen molar-refractivity contribution in [2.75, 3.05) is 23.7 Å². The molecule has 2 aromatic rings. The number of likely N-dealkylation sites (tertiary alicyclic amines) is 1. The zero-order valence-electron chi connectivity index (χ0n) is 16.1. The average Bonchev–Trinajstić information content (AvgIpc) is 2.75. The molecule has 0 bridgehead atoms. The minimum Gasteiger partial charge on any atom is -0.326 e. The van der Waals surface area contributed by atoms with E-state index in [4.69, 9.17) is 0 Å². The maximum Gasteiger partial charge on any atom is 0.321 e. The third-order valence-electron chi connectivity index (χ3n) is 5.76. The Hall–Kier alpha value is -2.82. The quantitative estimate of drug-likeness (QED) is 0.830. The maximum atomic E-state index is 12.9. The van der Waals surface area contributed by atoms with Crippen molar-refractivity contribution in [2.24, 2.45) is 5.92 Å². The molecule has 1 unspecified atom stereocenters. The van der Waals surface area contributed by atoms with Crippen LogP contribution < -0.4 is 10.6 Å². The van der Waals surface area contributed by atoms with Crippen molar-refractivity contribution < 1.29 is 9.59 Å². The molecule has 3 amide bonds. The van der Waals surface area contributed by atoms with E-state index < -0.39 is 0 Å². The van der Waals surface area contributed by atoms with Gasteiger partial charge in [-0.05, 0) is 67.9 Å². The van der Waals surface area contributed by atoms with Gasteiger partial charge < -0.3 is 15.5 Å². The lowest BCUT2D eigenvalue weighted by molar-refractivity contribution is -0.121. The Morgan fingerprint density at radius 3 is 2.57 bits per heavy atom. The predicted molar refractivity (Wildman–Crippen MR) is 111 cm³/mol. The highest BCUT2D eigenvalue weighted by molar-refractivity contribution is 5.95. The molecule has 1 aliphatic heterocycles. The number of amides is 3. The highest BCUT2D eigenvalue weighted by Gasteiger charge is 2.29. The van der Waals surface area contributed by atoms with Gasteiger partial charge in [0.2, 0.25) is 5.91 Å². The first-order chi connectivity index (χ1) is 13.7. The molecule has 1 atom stereocenters. The van der Waals surface area contributed by atoms with E-state index in [0.717, 1.165) is 37.1 Å². The smallest absolute Gasteiger partial charge is 0.321 e. The number of hydrogen-bond donors (Lipinski definition) is 2. The van der Waals surface area contributed by atoms with E-state index in [0.29, 0.717) is 13.1 Å². The van der Waals surface area contributed by atoms with Gasteiger partial charge in [-0.3, -0.25) is 4.79 Å². The van der Waals surface area contributed by atoms with Gasteiger partial charge in [-0.15, -0.1) is 0 Å². The minimum absolute atomic E-state index is 0.0242. The van der Waals surface area contributed by atoms with E-state index in [-0.39, 0.29) is 17.9 Å². The Balaban J connectivity index is 1.39. The first-order valence-electron chi connectivity index (χ1n) is 10.2. The van der Waals surface area contributed by atoms with E-state index in [1.807, 2.05) is 42.5 Å². The molecule has 146 valence electrons. The minimum atomic E-state index is -0.172. The maximum absolute atomic E-state index is 12.9. The number of carbonyl (C=O) groups excluding carboxylic acids is 2. The molecule has 1 heterocycles. The van der Waals surface area contributed by atoms with Gasteiger partial charge >= 0.3 is 6.03 Å². The molecule has 4 rings (SSSR count). The standard InChI is InChI=1S/C23H27N3O2/c27-22(25-21-14-6-9-17-8-4-5-13-20(17)21)18-10-7-15-26(16-18)23(28)24-19-11-2-1-3-12-19/h1-3,6,9,11-12,14,18H,4-5,7-8,10,13,15-16H2,(H,24,28)(H,25,27). The topological polar surface area (TPSA) is 61.4 Å². The molecule has 5 heteroatoms. The fourth-order valence-corrected chi connectivity index (χ4v) is 4.23. The number of nitrogens with one attached hydrogen (secondary N) is 2. The number of piperidine rings is 1. The number of fused-ring (bicyclic) bond motifs is 1. The van der Waals surface area contributed by atoms with Gasteiger partial charge in [0.15, 0.2) is 0 Å². The van der Waals surface area contributed by atoms with Crippen LogP contribution in [0.15, 0.2) is 48.5 Å². The summed E-state index contributed by atoms with van der Waals surface area (Å²) in [5.41, 5.74) is 4.37. The highest BCUT2D eigenvalue weighted by atomic mass is 16.2. The van der Waals surface area contributed by atoms with Gasteiger partial charge in [0.25, 0.3) is 0 Å². The Bertz CT molecular complexity index is 850. The molecule has 2 aliphatic rings. The largest absolute Gasteiger partial charge is 0.326 e. The van der Waals surface area contributed by atoms with Crippen molar-refractivity contribution in [3.05, 3.63) is 59.7 Å². The molecule has 0 aromatic heterocycles. The second kappa shape index (κ2) is 8.46. The molecule has 0 radical (unpaired) electrons. The number of urea groups is 1. The predicted octanol–water partition coefficient (Wildman–Crippen LogP) is 4.45. The third kappa shape index (κ3) is 4.19. The number of benzene rings is 2. The van der Waals surface area contributed by atoms with Crippen LogP contribution in [0.1, 0.15) is 36.8 Å². The Kier molecular flexibility index (Phi) is 5.60. The fourth-order valence-electron chi connectivity index (χ4n) is 4.23. The molecular weight excluding hydrogens is 350 g/mol. The van der Waals surface area contributed by atoms with Crippen LogP contribution >= 0.6 is 0 Å². The second-order valence-corrected chi connectivity index (χ2v) is 7.72. The lowest BCUT2D eigenvalue weighted by Gasteiger charge is -2.32. The summed E-state index contributed by atoms with van der Waals surface area (Å²) in [7, 11) is 0. The number of carbonyl (C=O) groups is 2. The van der Waals surface area contributed by atoms with Crippen molar-refractivity contribution in [2.45, 2.75) is 38.5 Å². The molecule has 2 aromatic carbocycles. The van der Waals surface area contributed by atoms with Crippen LogP contribution in [0.3, 0.4) is 0 Å². The first-order valence-corrected chi connectivity index (χ1v) is 10.2. The summed E-state index contributed by atoms with van der Waals surface area (Å²) in [6.07, 6.45) is 6.18. The van der Waals surface area contributed by atoms with Crippen LogP contribution in [-0.2, 0) is 17.6 Å². The molecular formula is C23H27N3O2. The molecule has 0 spiro atoms. The number of nitrogens with zero attached hydrogens (tertiary/aromatic N) is 1. The second-order valence-electron chi connectivity index (χ2n) is 7.72. The zero-order valence-corrected chi connectivity index (χ0v) is 16.1. The van der Waals surface area contributed by atoms with E-state index in [1.165, 1.54) is 24.0 Å². The zero-order chi connectivity index (χ0) is 19.3. The molecule has 1 saturated heterocycles. The van der Waals surface area contributed by atoms with Gasteiger partial charge in [0.1, 0.15) is 0 Å². The number of anilines is 2. The van der Waals surface area contributed by atoms with Crippen LogP contribution in [0.4, 0.5) is 16.2 Å². The lowest BCUT2D eigenvalue weighted by Crippen LogP contribution is -2.45. The monoisotopic (exact) mass is 377 g/mol. The van der Waals surface area contributed by atoms with Crippen LogP contribution in [-0.4, -0.2) is 29.9 Å². The molecule has 5 nitrogen and oxygen atoms in total. The Morgan fingerprint density at radius 1 is 0.893 bits per heavy atom. The highest BCUT2D eigenvalue weighted by Crippen LogP contribution is 2.29. The number of para-hydroxylation sites is 1. The number of hydrogen-bond acceptors (Lipinski definition) is 2. The van der Waals surface area contributed by atoms with Crippen LogP contribution in [0, 0.1) is 5.92 Å². The Labute approximate surface area is 166 Å². The summed E-state index contributed by atoms with van der Waals surface area (Å²) in [5, 5.41) is 6.07.